The molecule has 2 aromatic carbocycles. The molecule has 0 fully saturated rings. The van der Waals surface area contributed by atoms with Crippen LogP contribution in [0.15, 0.2) is 48.5 Å². The number of halogens is 3. The minimum absolute atomic E-state index is 0.0697. The highest BCUT2D eigenvalue weighted by Crippen LogP contribution is 2.30. The van der Waals surface area contributed by atoms with Crippen molar-refractivity contribution in [3.8, 4) is 5.75 Å². The number of ether oxygens (including phenoxy) is 1. The molecule has 0 aromatic heterocycles. The highest BCUT2D eigenvalue weighted by molar-refractivity contribution is 5.92. The second-order valence-electron chi connectivity index (χ2n) is 4.65. The van der Waals surface area contributed by atoms with Crippen molar-refractivity contribution in [3.05, 3.63) is 59.7 Å². The van der Waals surface area contributed by atoms with Gasteiger partial charge in [-0.1, -0.05) is 18.2 Å². The first kappa shape index (κ1) is 15.9. The summed E-state index contributed by atoms with van der Waals surface area (Å²) in [6, 6.07) is 11.4. The molecule has 0 radical (unpaired) electrons. The lowest BCUT2D eigenvalue weighted by atomic mass is 10.1. The van der Waals surface area contributed by atoms with Crippen LogP contribution in [0.1, 0.15) is 11.1 Å². The summed E-state index contributed by atoms with van der Waals surface area (Å²) in [6.07, 6.45) is -4.36. The summed E-state index contributed by atoms with van der Waals surface area (Å²) in [5, 5.41) is 2.46. The molecule has 116 valence electrons. The average molecular weight is 309 g/mol. The van der Waals surface area contributed by atoms with Crippen molar-refractivity contribution in [1.82, 2.24) is 0 Å². The van der Waals surface area contributed by atoms with Crippen molar-refractivity contribution in [2.75, 3.05) is 12.4 Å². The minimum atomic E-state index is -4.43. The van der Waals surface area contributed by atoms with Crippen molar-refractivity contribution in [2.24, 2.45) is 0 Å². The van der Waals surface area contributed by atoms with Crippen LogP contribution < -0.4 is 10.1 Å². The lowest BCUT2D eigenvalue weighted by Gasteiger charge is -2.10. The van der Waals surface area contributed by atoms with Crippen molar-refractivity contribution >= 4 is 11.6 Å². The molecular weight excluding hydrogens is 295 g/mol. The van der Waals surface area contributed by atoms with Gasteiger partial charge in [-0.05, 0) is 35.9 Å². The monoisotopic (exact) mass is 309 g/mol. The van der Waals surface area contributed by atoms with Gasteiger partial charge < -0.3 is 10.1 Å². The molecule has 1 N–H and O–H groups in total. The molecule has 0 aliphatic heterocycles. The molecule has 6 heteroatoms. The fraction of sp³-hybridized carbons (Fsp3) is 0.188. The number of rotatable bonds is 4. The van der Waals surface area contributed by atoms with E-state index in [0.29, 0.717) is 5.75 Å². The minimum Gasteiger partial charge on any atom is -0.497 e. The Bertz CT molecular complexity index is 651. The van der Waals surface area contributed by atoms with E-state index in [4.69, 9.17) is 4.74 Å². The number of nitrogens with one attached hydrogen (secondary N) is 1. The first-order valence-corrected chi connectivity index (χ1v) is 6.48. The van der Waals surface area contributed by atoms with Crippen molar-refractivity contribution in [1.29, 1.82) is 0 Å². The van der Waals surface area contributed by atoms with Crippen molar-refractivity contribution in [3.63, 3.8) is 0 Å². The van der Waals surface area contributed by atoms with Gasteiger partial charge in [0.05, 0.1) is 19.1 Å². The first-order valence-electron chi connectivity index (χ1n) is 6.48. The van der Waals surface area contributed by atoms with Gasteiger partial charge in [0.2, 0.25) is 5.91 Å². The van der Waals surface area contributed by atoms with E-state index >= 15 is 0 Å². The summed E-state index contributed by atoms with van der Waals surface area (Å²) in [7, 11) is 1.54. The highest BCUT2D eigenvalue weighted by atomic mass is 19.4. The zero-order valence-electron chi connectivity index (χ0n) is 11.8. The Kier molecular flexibility index (Phi) is 4.70. The van der Waals surface area contributed by atoms with Crippen LogP contribution in [-0.4, -0.2) is 13.0 Å². The van der Waals surface area contributed by atoms with Crippen molar-refractivity contribution in [2.45, 2.75) is 12.6 Å². The Labute approximate surface area is 125 Å². The van der Waals surface area contributed by atoms with E-state index in [1.807, 2.05) is 0 Å². The van der Waals surface area contributed by atoms with E-state index in [0.717, 1.165) is 17.7 Å². The normalized spacial score (nSPS) is 11.1. The molecule has 2 rings (SSSR count). The zero-order chi connectivity index (χ0) is 16.2. The smallest absolute Gasteiger partial charge is 0.416 e. The Morgan fingerprint density at radius 3 is 2.41 bits per heavy atom. The average Bonchev–Trinajstić information content (AvgIpc) is 2.47. The molecule has 0 saturated heterocycles. The lowest BCUT2D eigenvalue weighted by Crippen LogP contribution is -2.15. The molecule has 0 aliphatic rings. The van der Waals surface area contributed by atoms with Gasteiger partial charge in [-0.2, -0.15) is 13.2 Å². The fourth-order valence-electron chi connectivity index (χ4n) is 1.91. The van der Waals surface area contributed by atoms with Crippen LogP contribution in [0.2, 0.25) is 0 Å². The number of alkyl halides is 3. The van der Waals surface area contributed by atoms with Gasteiger partial charge >= 0.3 is 6.18 Å². The van der Waals surface area contributed by atoms with Gasteiger partial charge in [-0.15, -0.1) is 0 Å². The van der Waals surface area contributed by atoms with Crippen LogP contribution in [-0.2, 0) is 17.4 Å². The molecule has 2 aromatic rings. The van der Waals surface area contributed by atoms with Gasteiger partial charge in [0, 0.05) is 5.69 Å². The second kappa shape index (κ2) is 6.51. The predicted molar refractivity (Wildman–Crippen MR) is 76.8 cm³/mol. The van der Waals surface area contributed by atoms with Gasteiger partial charge in [-0.3, -0.25) is 4.79 Å². The maximum atomic E-state index is 12.6. The standard InChI is InChI=1S/C16H14F3NO2/c1-22-14-7-5-11(6-8-14)9-15(21)20-13-4-2-3-12(10-13)16(17,18)19/h2-8,10H,9H2,1H3,(H,20,21). The molecule has 0 spiro atoms. The topological polar surface area (TPSA) is 38.3 Å². The molecule has 22 heavy (non-hydrogen) atoms. The van der Waals surface area contributed by atoms with E-state index in [2.05, 4.69) is 5.32 Å². The van der Waals surface area contributed by atoms with Crippen LogP contribution in [0.3, 0.4) is 0 Å². The van der Waals surface area contributed by atoms with Gasteiger partial charge in [-0.25, -0.2) is 0 Å². The Hall–Kier alpha value is -2.50. The van der Waals surface area contributed by atoms with Crippen LogP contribution in [0.4, 0.5) is 18.9 Å². The maximum Gasteiger partial charge on any atom is 0.416 e. The SMILES string of the molecule is COc1ccc(CC(=O)Nc2cccc(C(F)(F)F)c2)cc1. The summed E-state index contributed by atoms with van der Waals surface area (Å²) < 4.78 is 42.8. The number of anilines is 1. The van der Waals surface area contributed by atoms with Gasteiger partial charge in [0.15, 0.2) is 0 Å². The van der Waals surface area contributed by atoms with Crippen LogP contribution in [0.25, 0.3) is 0 Å². The Morgan fingerprint density at radius 1 is 1.14 bits per heavy atom. The molecule has 0 heterocycles. The van der Waals surface area contributed by atoms with Gasteiger partial charge in [0.25, 0.3) is 0 Å². The summed E-state index contributed by atoms with van der Waals surface area (Å²) >= 11 is 0. The van der Waals surface area contributed by atoms with E-state index in [1.165, 1.54) is 19.2 Å². The first-order chi connectivity index (χ1) is 10.4. The number of carbonyl (C=O) groups is 1. The predicted octanol–water partition coefficient (Wildman–Crippen LogP) is 3.90. The third kappa shape index (κ3) is 4.25. The summed E-state index contributed by atoms with van der Waals surface area (Å²) in [5.74, 6) is 0.284. The largest absolute Gasteiger partial charge is 0.497 e. The second-order valence-corrected chi connectivity index (χ2v) is 4.65. The maximum absolute atomic E-state index is 12.6. The van der Waals surface area contributed by atoms with Gasteiger partial charge in [0.1, 0.15) is 5.75 Å². The van der Waals surface area contributed by atoms with Crippen LogP contribution in [0, 0.1) is 0 Å². The van der Waals surface area contributed by atoms with Crippen molar-refractivity contribution < 1.29 is 22.7 Å². The molecule has 0 bridgehead atoms. The molecule has 0 saturated carbocycles. The number of hydrogen-bond donors (Lipinski definition) is 1. The summed E-state index contributed by atoms with van der Waals surface area (Å²) in [5.41, 5.74) is 0.0633. The number of methoxy groups -OCH3 is 1. The van der Waals surface area contributed by atoms with Crippen LogP contribution in [0.5, 0.6) is 5.75 Å². The van der Waals surface area contributed by atoms with E-state index in [-0.39, 0.29) is 18.0 Å². The molecule has 1 amide bonds. The number of amides is 1. The van der Waals surface area contributed by atoms with E-state index in [9.17, 15) is 18.0 Å². The number of benzene rings is 2. The molecule has 0 aliphatic carbocycles. The molecule has 0 atom stereocenters. The van der Waals surface area contributed by atoms with E-state index in [1.54, 1.807) is 24.3 Å². The third-order valence-corrected chi connectivity index (χ3v) is 3.00. The van der Waals surface area contributed by atoms with E-state index < -0.39 is 11.7 Å². The summed E-state index contributed by atoms with van der Waals surface area (Å²) in [4.78, 5) is 11.9. The fourth-order valence-corrected chi connectivity index (χ4v) is 1.91. The number of hydrogen-bond acceptors (Lipinski definition) is 2. The number of carbonyl (C=O) groups excluding carboxylic acids is 1. The molecule has 0 unspecified atom stereocenters. The van der Waals surface area contributed by atoms with Crippen LogP contribution >= 0.6 is 0 Å². The Balaban J connectivity index is 2.02. The quantitative estimate of drug-likeness (QED) is 0.930. The highest BCUT2D eigenvalue weighted by Gasteiger charge is 2.30. The third-order valence-electron chi connectivity index (χ3n) is 3.00. The molecule has 3 nitrogen and oxygen atoms in total. The molecular formula is C16H14F3NO2. The summed E-state index contributed by atoms with van der Waals surface area (Å²) in [6.45, 7) is 0. The Morgan fingerprint density at radius 2 is 1.82 bits per heavy atom. The zero-order valence-corrected chi connectivity index (χ0v) is 11.8. The lowest BCUT2D eigenvalue weighted by molar-refractivity contribution is -0.137.